The fourth-order valence-corrected chi connectivity index (χ4v) is 12.5. The van der Waals surface area contributed by atoms with Crippen molar-refractivity contribution in [1.82, 2.24) is 0 Å². The van der Waals surface area contributed by atoms with Gasteiger partial charge in [0.2, 0.25) is 5.78 Å². The van der Waals surface area contributed by atoms with Crippen molar-refractivity contribution in [3.8, 4) is 5.75 Å². The van der Waals surface area contributed by atoms with Gasteiger partial charge in [-0.2, -0.15) is 0 Å². The Hall–Kier alpha value is -4.86. The summed E-state index contributed by atoms with van der Waals surface area (Å²) in [5.74, 6) is -0.493. The monoisotopic (exact) mass is 806 g/mol. The number of ketones is 1. The van der Waals surface area contributed by atoms with E-state index in [9.17, 15) is 18.0 Å². The Morgan fingerprint density at radius 2 is 0.774 bits per heavy atom. The molecule has 0 atom stereocenters. The Labute approximate surface area is 321 Å². The number of rotatable bonds is 10. The molecule has 0 radical (unpaired) electrons. The predicted molar refractivity (Wildman–Crippen MR) is 213 cm³/mol. The summed E-state index contributed by atoms with van der Waals surface area (Å²) in [6, 6.07) is 67.3. The van der Waals surface area contributed by atoms with Gasteiger partial charge in [-0.15, -0.1) is 13.2 Å². The van der Waals surface area contributed by atoms with Gasteiger partial charge in [0.05, 0.1) is 0 Å². The van der Waals surface area contributed by atoms with Crippen LogP contribution in [0.4, 0.5) is 13.2 Å². The van der Waals surface area contributed by atoms with Gasteiger partial charge in [0.15, 0.2) is 0 Å². The molecule has 2 nitrogen and oxygen atoms in total. The van der Waals surface area contributed by atoms with Gasteiger partial charge in [-0.1, -0.05) is 146 Å². The second kappa shape index (κ2) is 18.8. The lowest BCUT2D eigenvalue weighted by Crippen LogP contribution is -3.00. The number of carbonyl (C=O) groups is 1. The van der Waals surface area contributed by atoms with Crippen LogP contribution in [0.1, 0.15) is 10.4 Å². The highest BCUT2D eigenvalue weighted by Crippen LogP contribution is 2.55. The first-order chi connectivity index (χ1) is 25.3. The Morgan fingerprint density at radius 3 is 1.08 bits per heavy atom. The van der Waals surface area contributed by atoms with E-state index >= 15 is 0 Å². The molecule has 53 heavy (non-hydrogen) atoms. The van der Waals surface area contributed by atoms with Crippen LogP contribution in [0.2, 0.25) is 0 Å². The van der Waals surface area contributed by atoms with Gasteiger partial charge in [-0.3, -0.25) is 4.79 Å². The number of Topliss-reactive ketones (excluding diaryl/α,β-unsaturated/α-hetero) is 1. The van der Waals surface area contributed by atoms with Crippen LogP contribution in [0.25, 0.3) is 0 Å². The van der Waals surface area contributed by atoms with Crippen LogP contribution in [0.15, 0.2) is 206 Å². The van der Waals surface area contributed by atoms with Crippen molar-refractivity contribution in [3.05, 3.63) is 212 Å². The lowest BCUT2D eigenvalue weighted by molar-refractivity contribution is -0.274. The summed E-state index contributed by atoms with van der Waals surface area (Å²) in [6.45, 7) is 0. The zero-order valence-electron chi connectivity index (χ0n) is 28.6. The van der Waals surface area contributed by atoms with Crippen molar-refractivity contribution in [1.29, 1.82) is 0 Å². The van der Waals surface area contributed by atoms with Crippen molar-refractivity contribution in [2.24, 2.45) is 0 Å². The fraction of sp³-hybridized carbons (Fsp3) is 0.0444. The van der Waals surface area contributed by atoms with Crippen LogP contribution < -0.4 is 53.5 Å². The second-order valence-corrected chi connectivity index (χ2v) is 17.5. The van der Waals surface area contributed by atoms with Gasteiger partial charge < -0.3 is 21.7 Å². The summed E-state index contributed by atoms with van der Waals surface area (Å²) in [6.07, 6.45) is -4.56. The van der Waals surface area contributed by atoms with Crippen LogP contribution in [0.5, 0.6) is 5.75 Å². The minimum Gasteiger partial charge on any atom is -1.00 e. The summed E-state index contributed by atoms with van der Waals surface area (Å²) in [5, 5.41) is 7.38. The van der Waals surface area contributed by atoms with E-state index in [1.165, 1.54) is 40.2 Å². The van der Waals surface area contributed by atoms with Gasteiger partial charge in [0, 0.05) is 5.56 Å². The molecule has 7 aromatic carbocycles. The third-order valence-corrected chi connectivity index (χ3v) is 15.2. The molecule has 0 saturated heterocycles. The highest BCUT2D eigenvalue weighted by Gasteiger charge is 2.47. The Balaban J connectivity index is 0.000000230. The summed E-state index contributed by atoms with van der Waals surface area (Å²) in [5.41, 5.74) is 0.344. The smallest absolute Gasteiger partial charge is 0.573 e. The third-order valence-electron chi connectivity index (χ3n) is 8.42. The predicted octanol–water partition coefficient (Wildman–Crippen LogP) is 6.21. The van der Waals surface area contributed by atoms with E-state index in [0.29, 0.717) is 5.56 Å². The molecule has 0 spiro atoms. The van der Waals surface area contributed by atoms with Gasteiger partial charge in [0.1, 0.15) is 35.1 Å². The third kappa shape index (κ3) is 10.2. The molecule has 0 N–H and O–H groups in total. The van der Waals surface area contributed by atoms with Gasteiger partial charge in [-0.05, 0) is 84.5 Å². The van der Waals surface area contributed by atoms with Crippen molar-refractivity contribution in [2.75, 3.05) is 6.16 Å². The van der Waals surface area contributed by atoms with E-state index in [0.717, 1.165) is 15.9 Å². The number of hydrogen-bond donors (Lipinski definition) is 0. The number of hydrogen-bond acceptors (Lipinski definition) is 2. The molecule has 7 aromatic rings. The number of halogens is 4. The first-order valence-electron chi connectivity index (χ1n) is 16.7. The molecule has 0 aliphatic carbocycles. The van der Waals surface area contributed by atoms with Crippen molar-refractivity contribution >= 4 is 52.8 Å². The van der Waals surface area contributed by atoms with Crippen molar-refractivity contribution in [2.45, 2.75) is 6.36 Å². The van der Waals surface area contributed by atoms with Crippen LogP contribution >= 0.6 is 15.2 Å². The molecule has 0 aliphatic heterocycles. The molecule has 8 heteroatoms. The summed E-state index contributed by atoms with van der Waals surface area (Å²) in [4.78, 5) is 13.5. The topological polar surface area (TPSA) is 26.3 Å². The first kappa shape index (κ1) is 39.3. The zero-order chi connectivity index (χ0) is 36.2. The Morgan fingerprint density at radius 1 is 0.472 bits per heavy atom. The van der Waals surface area contributed by atoms with Crippen LogP contribution in [0, 0.1) is 0 Å². The standard InChI is InChI=1S/C27H21F3O2P.C18H15P.BrH/c28-27(29,30)32-22-18-16-21(17-19-22)26(31)20-33(23-10-4-1-5-11-23,24-12-6-2-7-13-24)25-14-8-3-9-15-25;1-4-10-16(11-5-1)19(17-12-6-2-7-13-17)18-14-8-3-9-15-18;/h1-19H,20H2;1-15H;1H/q+1;;/p-1. The number of benzene rings is 7. The number of ether oxygens (including phenoxy) is 1. The molecule has 0 saturated carbocycles. The molecular weight excluding hydrogens is 771 g/mol. The minimum atomic E-state index is -4.78. The van der Waals surface area contributed by atoms with Crippen LogP contribution in [0.3, 0.4) is 0 Å². The second-order valence-electron chi connectivity index (χ2n) is 11.8. The Bertz CT molecular complexity index is 1930. The average Bonchev–Trinajstić information content (AvgIpc) is 3.19. The molecule has 0 unspecified atom stereocenters. The molecule has 0 aliphatic rings. The molecule has 0 amide bonds. The highest BCUT2D eigenvalue weighted by molar-refractivity contribution is 7.96. The first-order valence-corrected chi connectivity index (χ1v) is 20.0. The zero-order valence-corrected chi connectivity index (χ0v) is 31.9. The van der Waals surface area contributed by atoms with E-state index in [1.54, 1.807) is 0 Å². The SMILES string of the molecule is O=C(C[P+](c1ccccc1)(c1ccccc1)c1ccccc1)c1ccc(OC(F)(F)F)cc1.[Br-].c1ccc(P(c2ccccc2)c2ccccc2)cc1. The number of carbonyl (C=O) groups excluding carboxylic acids is 1. The van der Waals surface area contributed by atoms with E-state index in [-0.39, 0.29) is 34.7 Å². The largest absolute Gasteiger partial charge is 1.00 e. The van der Waals surface area contributed by atoms with Crippen LogP contribution in [-0.4, -0.2) is 18.3 Å². The highest BCUT2D eigenvalue weighted by atomic mass is 79.9. The van der Waals surface area contributed by atoms with E-state index in [2.05, 4.69) is 95.7 Å². The van der Waals surface area contributed by atoms with Crippen molar-refractivity contribution < 1.29 is 39.7 Å². The summed E-state index contributed by atoms with van der Waals surface area (Å²) in [7, 11) is -2.83. The van der Waals surface area contributed by atoms with Gasteiger partial charge in [-0.25, -0.2) is 0 Å². The van der Waals surface area contributed by atoms with E-state index in [4.69, 9.17) is 0 Å². The lowest BCUT2D eigenvalue weighted by atomic mass is 10.1. The molecule has 7 rings (SSSR count). The van der Waals surface area contributed by atoms with Crippen LogP contribution in [-0.2, 0) is 0 Å². The Kier molecular flexibility index (Phi) is 13.9. The summed E-state index contributed by atoms with van der Waals surface area (Å²) < 4.78 is 41.4. The average molecular weight is 808 g/mol. The van der Waals surface area contributed by atoms with E-state index < -0.39 is 21.5 Å². The lowest BCUT2D eigenvalue weighted by Gasteiger charge is -2.27. The molecule has 0 heterocycles. The molecule has 0 aromatic heterocycles. The normalized spacial score (nSPS) is 11.1. The maximum Gasteiger partial charge on any atom is 0.573 e. The van der Waals surface area contributed by atoms with Gasteiger partial charge >= 0.3 is 6.36 Å². The van der Waals surface area contributed by atoms with Crippen molar-refractivity contribution in [3.63, 3.8) is 0 Å². The fourth-order valence-electron chi connectivity index (χ4n) is 6.10. The molecule has 0 bridgehead atoms. The minimum absolute atomic E-state index is 0. The molecule has 266 valence electrons. The quantitative estimate of drug-likeness (QED) is 0.122. The maximum absolute atomic E-state index is 13.5. The van der Waals surface area contributed by atoms with Gasteiger partial charge in [0.25, 0.3) is 0 Å². The molecule has 0 fully saturated rings. The maximum atomic E-state index is 13.5. The number of alkyl halides is 3. The summed E-state index contributed by atoms with van der Waals surface area (Å²) >= 11 is 0. The van der Waals surface area contributed by atoms with E-state index in [1.807, 2.05) is 91.0 Å². The molecular formula is C45H36BrF3O2P2.